The number of ether oxygens (including phenoxy) is 1. The van der Waals surface area contributed by atoms with E-state index in [1.807, 2.05) is 6.92 Å². The van der Waals surface area contributed by atoms with Crippen molar-refractivity contribution in [1.29, 1.82) is 0 Å². The molecule has 0 amide bonds. The maximum atomic E-state index is 11.7. The number of esters is 1. The number of hydrogen-bond acceptors (Lipinski definition) is 4. The first-order valence-electron chi connectivity index (χ1n) is 5.90. The Hall–Kier alpha value is -0.610. The first kappa shape index (κ1) is 15.4. The number of aliphatic hydroxyl groups is 2. The zero-order chi connectivity index (χ0) is 12.8. The standard InChI is InChI=1S/C12H24O4/c1-5-7-12(3,4)11(15)16-10(14)8-9(13)6-2/h9-10,13-14H,5-8H2,1-4H3. The van der Waals surface area contributed by atoms with Crippen LogP contribution >= 0.6 is 0 Å². The lowest BCUT2D eigenvalue weighted by Gasteiger charge is -2.24. The highest BCUT2D eigenvalue weighted by Crippen LogP contribution is 2.24. The van der Waals surface area contributed by atoms with Gasteiger partial charge in [-0.25, -0.2) is 0 Å². The molecule has 2 unspecified atom stereocenters. The Kier molecular flexibility index (Phi) is 6.60. The summed E-state index contributed by atoms with van der Waals surface area (Å²) in [6.45, 7) is 7.39. The third-order valence-electron chi connectivity index (χ3n) is 2.62. The molecule has 2 atom stereocenters. The fraction of sp³-hybridized carbons (Fsp3) is 0.917. The van der Waals surface area contributed by atoms with Crippen molar-refractivity contribution >= 4 is 5.97 Å². The largest absolute Gasteiger partial charge is 0.435 e. The van der Waals surface area contributed by atoms with Crippen molar-refractivity contribution in [2.45, 2.75) is 65.8 Å². The van der Waals surface area contributed by atoms with Crippen LogP contribution in [0.2, 0.25) is 0 Å². The minimum absolute atomic E-state index is 0.0739. The zero-order valence-electron chi connectivity index (χ0n) is 10.7. The van der Waals surface area contributed by atoms with Crippen molar-refractivity contribution in [3.8, 4) is 0 Å². The molecule has 0 aliphatic heterocycles. The van der Waals surface area contributed by atoms with Crippen LogP contribution in [0.3, 0.4) is 0 Å². The summed E-state index contributed by atoms with van der Waals surface area (Å²) in [7, 11) is 0. The van der Waals surface area contributed by atoms with E-state index >= 15 is 0 Å². The Labute approximate surface area is 97.6 Å². The van der Waals surface area contributed by atoms with Gasteiger partial charge in [-0.15, -0.1) is 0 Å². The Morgan fingerprint density at radius 2 is 1.88 bits per heavy atom. The van der Waals surface area contributed by atoms with Crippen LogP contribution in [0.4, 0.5) is 0 Å². The average molecular weight is 232 g/mol. The topological polar surface area (TPSA) is 66.8 Å². The van der Waals surface area contributed by atoms with E-state index < -0.39 is 23.8 Å². The van der Waals surface area contributed by atoms with Crippen LogP contribution in [0, 0.1) is 5.41 Å². The van der Waals surface area contributed by atoms with Gasteiger partial charge in [-0.1, -0.05) is 20.3 Å². The number of carbonyl (C=O) groups is 1. The highest BCUT2D eigenvalue weighted by molar-refractivity contribution is 5.75. The minimum atomic E-state index is -1.21. The van der Waals surface area contributed by atoms with Crippen LogP contribution in [0.15, 0.2) is 0 Å². The third kappa shape index (κ3) is 5.47. The van der Waals surface area contributed by atoms with E-state index in [9.17, 15) is 15.0 Å². The van der Waals surface area contributed by atoms with Gasteiger partial charge in [-0.3, -0.25) is 4.79 Å². The Balaban J connectivity index is 4.13. The Bertz CT molecular complexity index is 213. The van der Waals surface area contributed by atoms with Crippen LogP contribution in [0.5, 0.6) is 0 Å². The van der Waals surface area contributed by atoms with Gasteiger partial charge in [0.25, 0.3) is 0 Å². The summed E-state index contributed by atoms with van der Waals surface area (Å²) < 4.78 is 4.90. The molecule has 0 radical (unpaired) electrons. The van der Waals surface area contributed by atoms with Crippen LogP contribution < -0.4 is 0 Å². The summed E-state index contributed by atoms with van der Waals surface area (Å²) >= 11 is 0. The summed E-state index contributed by atoms with van der Waals surface area (Å²) in [4.78, 5) is 11.7. The number of hydrogen-bond donors (Lipinski definition) is 2. The molecule has 4 heteroatoms. The fourth-order valence-electron chi connectivity index (χ4n) is 1.46. The van der Waals surface area contributed by atoms with Crippen molar-refractivity contribution in [2.75, 3.05) is 0 Å². The molecular weight excluding hydrogens is 208 g/mol. The summed E-state index contributed by atoms with van der Waals surface area (Å²) in [5.41, 5.74) is -0.576. The molecule has 0 saturated heterocycles. The Morgan fingerprint density at radius 1 is 1.31 bits per heavy atom. The molecule has 0 aromatic heterocycles. The van der Waals surface area contributed by atoms with Crippen molar-refractivity contribution in [3.63, 3.8) is 0 Å². The molecule has 2 N–H and O–H groups in total. The van der Waals surface area contributed by atoms with Crippen molar-refractivity contribution in [1.82, 2.24) is 0 Å². The van der Waals surface area contributed by atoms with Gasteiger partial charge >= 0.3 is 5.97 Å². The van der Waals surface area contributed by atoms with Gasteiger partial charge < -0.3 is 14.9 Å². The van der Waals surface area contributed by atoms with Crippen molar-refractivity contribution in [2.24, 2.45) is 5.41 Å². The fourth-order valence-corrected chi connectivity index (χ4v) is 1.46. The molecule has 0 aliphatic carbocycles. The number of carbonyl (C=O) groups excluding carboxylic acids is 1. The van der Waals surface area contributed by atoms with E-state index in [1.165, 1.54) is 0 Å². The second-order valence-electron chi connectivity index (χ2n) is 4.79. The van der Waals surface area contributed by atoms with Gasteiger partial charge in [-0.05, 0) is 26.7 Å². The summed E-state index contributed by atoms with van der Waals surface area (Å²) in [5, 5.41) is 18.7. The first-order chi connectivity index (χ1) is 7.33. The highest BCUT2D eigenvalue weighted by atomic mass is 16.6. The van der Waals surface area contributed by atoms with Gasteiger partial charge in [0.1, 0.15) is 0 Å². The van der Waals surface area contributed by atoms with Gasteiger partial charge in [0.05, 0.1) is 11.5 Å². The SMILES string of the molecule is CCCC(C)(C)C(=O)OC(O)CC(O)CC. The molecule has 0 saturated carbocycles. The molecule has 96 valence electrons. The molecule has 0 rings (SSSR count). The molecule has 0 aromatic rings. The Morgan fingerprint density at radius 3 is 2.31 bits per heavy atom. The summed E-state index contributed by atoms with van der Waals surface area (Å²) in [6, 6.07) is 0. The maximum Gasteiger partial charge on any atom is 0.313 e. The van der Waals surface area contributed by atoms with Crippen LogP contribution in [-0.2, 0) is 9.53 Å². The lowest BCUT2D eigenvalue weighted by Crippen LogP contribution is -2.32. The number of rotatable bonds is 7. The lowest BCUT2D eigenvalue weighted by atomic mass is 9.88. The quantitative estimate of drug-likeness (QED) is 0.519. The van der Waals surface area contributed by atoms with E-state index in [-0.39, 0.29) is 6.42 Å². The van der Waals surface area contributed by atoms with Crippen molar-refractivity contribution in [3.05, 3.63) is 0 Å². The maximum absolute atomic E-state index is 11.7. The zero-order valence-corrected chi connectivity index (χ0v) is 10.7. The van der Waals surface area contributed by atoms with E-state index in [2.05, 4.69) is 0 Å². The predicted molar refractivity (Wildman–Crippen MR) is 61.7 cm³/mol. The van der Waals surface area contributed by atoms with Gasteiger partial charge in [-0.2, -0.15) is 0 Å². The molecule has 0 aliphatic rings. The second-order valence-corrected chi connectivity index (χ2v) is 4.79. The van der Waals surface area contributed by atoms with Crippen LogP contribution in [0.25, 0.3) is 0 Å². The summed E-state index contributed by atoms with van der Waals surface area (Å²) in [5.74, 6) is -0.412. The molecular formula is C12H24O4. The normalized spacial score (nSPS) is 15.6. The van der Waals surface area contributed by atoms with E-state index in [1.54, 1.807) is 20.8 Å². The van der Waals surface area contributed by atoms with Gasteiger partial charge in [0, 0.05) is 6.42 Å². The molecule has 0 spiro atoms. The highest BCUT2D eigenvalue weighted by Gasteiger charge is 2.30. The van der Waals surface area contributed by atoms with Gasteiger partial charge in [0.15, 0.2) is 0 Å². The second kappa shape index (κ2) is 6.86. The van der Waals surface area contributed by atoms with E-state index in [4.69, 9.17) is 4.74 Å². The average Bonchev–Trinajstić information content (AvgIpc) is 2.17. The first-order valence-corrected chi connectivity index (χ1v) is 5.90. The third-order valence-corrected chi connectivity index (χ3v) is 2.62. The monoisotopic (exact) mass is 232 g/mol. The lowest BCUT2D eigenvalue weighted by molar-refractivity contribution is -0.182. The van der Waals surface area contributed by atoms with E-state index in [0.29, 0.717) is 6.42 Å². The van der Waals surface area contributed by atoms with Gasteiger partial charge in [0.2, 0.25) is 6.29 Å². The molecule has 0 fully saturated rings. The predicted octanol–water partition coefficient (Wildman–Crippen LogP) is 1.84. The van der Waals surface area contributed by atoms with Crippen LogP contribution in [-0.4, -0.2) is 28.6 Å². The molecule has 0 bridgehead atoms. The summed E-state index contributed by atoms with van der Waals surface area (Å²) in [6.07, 6.45) is 0.373. The molecule has 0 aromatic carbocycles. The minimum Gasteiger partial charge on any atom is -0.435 e. The van der Waals surface area contributed by atoms with E-state index in [0.717, 1.165) is 12.8 Å². The number of aliphatic hydroxyl groups excluding tert-OH is 2. The molecule has 0 heterocycles. The van der Waals surface area contributed by atoms with Crippen LogP contribution in [0.1, 0.15) is 53.4 Å². The van der Waals surface area contributed by atoms with Crippen molar-refractivity contribution < 1.29 is 19.7 Å². The smallest absolute Gasteiger partial charge is 0.313 e. The molecule has 4 nitrogen and oxygen atoms in total. The molecule has 16 heavy (non-hydrogen) atoms.